The van der Waals surface area contributed by atoms with Crippen LogP contribution >= 0.6 is 0 Å². The van der Waals surface area contributed by atoms with E-state index in [-0.39, 0.29) is 18.4 Å². The molecule has 0 aromatic rings. The summed E-state index contributed by atoms with van der Waals surface area (Å²) in [6, 6.07) is -0.148. The van der Waals surface area contributed by atoms with E-state index in [1.54, 1.807) is 0 Å². The SMILES string of the molecule is O=C(O)CC1(NC(=O)C2CCCCCN2)CCCCC1. The standard InChI is InChI=1S/C15H26N2O3/c18-13(19)11-15(8-4-2-5-9-15)17-14(20)12-7-3-1-6-10-16-12/h12,16H,1-11H2,(H,17,20)(H,18,19). The van der Waals surface area contributed by atoms with E-state index in [0.717, 1.165) is 64.3 Å². The molecule has 2 aliphatic rings. The Morgan fingerprint density at radius 1 is 1.10 bits per heavy atom. The maximum absolute atomic E-state index is 12.4. The number of carboxylic acid groups (broad SMARTS) is 1. The van der Waals surface area contributed by atoms with Crippen molar-refractivity contribution in [3.8, 4) is 0 Å². The van der Waals surface area contributed by atoms with Gasteiger partial charge in [-0.3, -0.25) is 9.59 Å². The van der Waals surface area contributed by atoms with E-state index < -0.39 is 11.5 Å². The second-order valence-electron chi connectivity index (χ2n) is 6.26. The highest BCUT2D eigenvalue weighted by Gasteiger charge is 2.37. The summed E-state index contributed by atoms with van der Waals surface area (Å²) in [5.74, 6) is -0.823. The quantitative estimate of drug-likeness (QED) is 0.735. The number of rotatable bonds is 4. The number of hydrogen-bond donors (Lipinski definition) is 3. The Bertz CT molecular complexity index is 343. The number of carboxylic acids is 1. The van der Waals surface area contributed by atoms with Crippen molar-refractivity contribution in [2.24, 2.45) is 0 Å². The van der Waals surface area contributed by atoms with Gasteiger partial charge in [0.15, 0.2) is 0 Å². The first kappa shape index (κ1) is 15.3. The van der Waals surface area contributed by atoms with Crippen molar-refractivity contribution in [1.29, 1.82) is 0 Å². The average molecular weight is 282 g/mol. The molecule has 1 saturated carbocycles. The van der Waals surface area contributed by atoms with Gasteiger partial charge in [-0.15, -0.1) is 0 Å². The normalized spacial score (nSPS) is 26.5. The Morgan fingerprint density at radius 3 is 2.50 bits per heavy atom. The Kier molecular flexibility index (Phi) is 5.40. The fourth-order valence-corrected chi connectivity index (χ4v) is 3.46. The number of hydrogen-bond acceptors (Lipinski definition) is 3. The van der Waals surface area contributed by atoms with Crippen LogP contribution in [0.4, 0.5) is 0 Å². The van der Waals surface area contributed by atoms with Crippen molar-refractivity contribution in [3.63, 3.8) is 0 Å². The van der Waals surface area contributed by atoms with Crippen LogP contribution in [0.5, 0.6) is 0 Å². The second-order valence-corrected chi connectivity index (χ2v) is 6.26. The first-order valence-electron chi connectivity index (χ1n) is 7.89. The molecule has 2 fully saturated rings. The van der Waals surface area contributed by atoms with E-state index in [4.69, 9.17) is 5.11 Å². The third kappa shape index (κ3) is 4.20. The van der Waals surface area contributed by atoms with Crippen molar-refractivity contribution in [1.82, 2.24) is 10.6 Å². The third-order valence-electron chi connectivity index (χ3n) is 4.57. The van der Waals surface area contributed by atoms with E-state index in [9.17, 15) is 9.59 Å². The largest absolute Gasteiger partial charge is 0.481 e. The van der Waals surface area contributed by atoms with E-state index >= 15 is 0 Å². The van der Waals surface area contributed by atoms with E-state index in [1.807, 2.05) is 0 Å². The lowest BCUT2D eigenvalue weighted by molar-refractivity contribution is -0.139. The Hall–Kier alpha value is -1.10. The van der Waals surface area contributed by atoms with Gasteiger partial charge in [-0.1, -0.05) is 32.1 Å². The topological polar surface area (TPSA) is 78.4 Å². The Morgan fingerprint density at radius 2 is 1.80 bits per heavy atom. The molecule has 0 aromatic heterocycles. The molecule has 114 valence electrons. The molecular formula is C15H26N2O3. The first-order chi connectivity index (χ1) is 9.61. The zero-order valence-corrected chi connectivity index (χ0v) is 12.1. The molecule has 1 saturated heterocycles. The van der Waals surface area contributed by atoms with Gasteiger partial charge in [0.1, 0.15) is 0 Å². The molecule has 1 aliphatic heterocycles. The van der Waals surface area contributed by atoms with Crippen LogP contribution in [-0.2, 0) is 9.59 Å². The zero-order chi connectivity index (χ0) is 14.4. The summed E-state index contributed by atoms with van der Waals surface area (Å²) in [6.45, 7) is 0.879. The molecule has 0 aromatic carbocycles. The number of carbonyl (C=O) groups is 2. The molecule has 1 heterocycles. The van der Waals surface area contributed by atoms with E-state index in [0.29, 0.717) is 0 Å². The van der Waals surface area contributed by atoms with Crippen molar-refractivity contribution in [2.75, 3.05) is 6.54 Å². The molecule has 20 heavy (non-hydrogen) atoms. The smallest absolute Gasteiger partial charge is 0.305 e. The highest BCUT2D eigenvalue weighted by Crippen LogP contribution is 2.31. The number of nitrogens with one attached hydrogen (secondary N) is 2. The predicted octanol–water partition coefficient (Wildman–Crippen LogP) is 1.81. The lowest BCUT2D eigenvalue weighted by atomic mass is 9.79. The van der Waals surface area contributed by atoms with Gasteiger partial charge >= 0.3 is 5.97 Å². The fraction of sp³-hybridized carbons (Fsp3) is 0.867. The molecule has 5 heteroatoms. The van der Waals surface area contributed by atoms with Crippen LogP contribution in [0.2, 0.25) is 0 Å². The summed E-state index contributed by atoms with van der Waals surface area (Å²) in [7, 11) is 0. The third-order valence-corrected chi connectivity index (χ3v) is 4.57. The molecule has 1 amide bonds. The molecule has 2 rings (SSSR count). The zero-order valence-electron chi connectivity index (χ0n) is 12.1. The lowest BCUT2D eigenvalue weighted by Crippen LogP contribution is -2.56. The average Bonchev–Trinajstić information content (AvgIpc) is 2.67. The summed E-state index contributed by atoms with van der Waals surface area (Å²) < 4.78 is 0. The number of aliphatic carboxylic acids is 1. The van der Waals surface area contributed by atoms with Crippen LogP contribution in [0.1, 0.15) is 64.2 Å². The molecule has 1 unspecified atom stereocenters. The van der Waals surface area contributed by atoms with Gasteiger partial charge in [-0.05, 0) is 32.2 Å². The van der Waals surface area contributed by atoms with Gasteiger partial charge in [0, 0.05) is 0 Å². The molecule has 5 nitrogen and oxygen atoms in total. The molecular weight excluding hydrogens is 256 g/mol. The van der Waals surface area contributed by atoms with Crippen LogP contribution in [0.3, 0.4) is 0 Å². The van der Waals surface area contributed by atoms with Gasteiger partial charge in [0.2, 0.25) is 5.91 Å². The van der Waals surface area contributed by atoms with Crippen LogP contribution in [0.15, 0.2) is 0 Å². The summed E-state index contributed by atoms with van der Waals surface area (Å²) >= 11 is 0. The molecule has 0 radical (unpaired) electrons. The molecule has 3 N–H and O–H groups in total. The van der Waals surface area contributed by atoms with Crippen LogP contribution in [-0.4, -0.2) is 35.1 Å². The van der Waals surface area contributed by atoms with Gasteiger partial charge in [0.05, 0.1) is 18.0 Å². The summed E-state index contributed by atoms with van der Waals surface area (Å²) in [6.07, 6.45) is 8.98. The van der Waals surface area contributed by atoms with Gasteiger partial charge in [-0.2, -0.15) is 0 Å². The van der Waals surface area contributed by atoms with Gasteiger partial charge < -0.3 is 15.7 Å². The van der Waals surface area contributed by atoms with Crippen molar-refractivity contribution in [2.45, 2.75) is 75.8 Å². The Labute approximate surface area is 120 Å². The number of amides is 1. The summed E-state index contributed by atoms with van der Waals surface area (Å²) in [5, 5.41) is 15.5. The minimum atomic E-state index is -0.818. The van der Waals surface area contributed by atoms with Crippen molar-refractivity contribution in [3.05, 3.63) is 0 Å². The van der Waals surface area contributed by atoms with Crippen LogP contribution in [0.25, 0.3) is 0 Å². The van der Waals surface area contributed by atoms with Crippen LogP contribution in [0, 0.1) is 0 Å². The number of carbonyl (C=O) groups excluding carboxylic acids is 1. The van der Waals surface area contributed by atoms with E-state index in [2.05, 4.69) is 10.6 Å². The highest BCUT2D eigenvalue weighted by molar-refractivity contribution is 5.83. The minimum absolute atomic E-state index is 0.00458. The summed E-state index contributed by atoms with van der Waals surface area (Å²) in [4.78, 5) is 23.6. The van der Waals surface area contributed by atoms with E-state index in [1.165, 1.54) is 0 Å². The monoisotopic (exact) mass is 282 g/mol. The molecule has 0 bridgehead atoms. The van der Waals surface area contributed by atoms with Gasteiger partial charge in [0.25, 0.3) is 0 Å². The minimum Gasteiger partial charge on any atom is -0.481 e. The first-order valence-corrected chi connectivity index (χ1v) is 7.89. The second kappa shape index (κ2) is 7.07. The fourth-order valence-electron chi connectivity index (χ4n) is 3.46. The van der Waals surface area contributed by atoms with Crippen LogP contribution < -0.4 is 10.6 Å². The van der Waals surface area contributed by atoms with Crippen molar-refractivity contribution < 1.29 is 14.7 Å². The van der Waals surface area contributed by atoms with Gasteiger partial charge in [-0.25, -0.2) is 0 Å². The maximum Gasteiger partial charge on any atom is 0.305 e. The maximum atomic E-state index is 12.4. The molecule has 1 aliphatic carbocycles. The predicted molar refractivity (Wildman–Crippen MR) is 76.5 cm³/mol. The highest BCUT2D eigenvalue weighted by atomic mass is 16.4. The lowest BCUT2D eigenvalue weighted by Gasteiger charge is -2.38. The molecule has 0 spiro atoms. The Balaban J connectivity index is 1.98. The van der Waals surface area contributed by atoms with Crippen molar-refractivity contribution >= 4 is 11.9 Å². The summed E-state index contributed by atoms with van der Waals surface area (Å²) in [5.41, 5.74) is -0.519. The molecule has 1 atom stereocenters.